The topological polar surface area (TPSA) is 98.2 Å². The Morgan fingerprint density at radius 1 is 0.917 bits per heavy atom. The fraction of sp³-hybridized carbons (Fsp3) is 0.333. The molecule has 0 aliphatic carbocycles. The van der Waals surface area contributed by atoms with E-state index in [-0.39, 0.29) is 5.92 Å². The smallest absolute Gasteiger partial charge is 0.213 e. The average molecular weight is 347 g/mol. The molecule has 0 amide bonds. The van der Waals surface area contributed by atoms with Gasteiger partial charge >= 0.3 is 0 Å². The Hall–Kier alpha value is -2.05. The van der Waals surface area contributed by atoms with Gasteiger partial charge in [-0.25, -0.2) is 13.1 Å². The average Bonchev–Trinajstić information content (AvgIpc) is 2.55. The van der Waals surface area contributed by atoms with Crippen molar-refractivity contribution in [1.82, 2.24) is 4.72 Å². The molecule has 0 aliphatic rings. The minimum Gasteiger partial charge on any atom is -0.397 e. The van der Waals surface area contributed by atoms with Crippen molar-refractivity contribution in [1.29, 1.82) is 0 Å². The molecular formula is C18H25N3O2S. The molecule has 0 fully saturated rings. The van der Waals surface area contributed by atoms with Crippen molar-refractivity contribution in [3.63, 3.8) is 0 Å². The lowest BCUT2D eigenvalue weighted by molar-refractivity contribution is 0.566. The van der Waals surface area contributed by atoms with Crippen molar-refractivity contribution in [3.05, 3.63) is 48.0 Å². The van der Waals surface area contributed by atoms with Crippen molar-refractivity contribution in [2.45, 2.75) is 31.9 Å². The fourth-order valence-electron chi connectivity index (χ4n) is 2.28. The van der Waals surface area contributed by atoms with Crippen LogP contribution in [-0.4, -0.2) is 20.2 Å². The first kappa shape index (κ1) is 18.3. The molecule has 0 spiro atoms. The Bertz CT molecular complexity index is 800. The molecule has 0 aliphatic heterocycles. The molecular weight excluding hydrogens is 322 g/mol. The summed E-state index contributed by atoms with van der Waals surface area (Å²) in [6.45, 7) is 5.72. The molecule has 0 saturated carbocycles. The molecule has 2 rings (SSSR count). The third-order valence-corrected chi connectivity index (χ3v) is 5.92. The summed E-state index contributed by atoms with van der Waals surface area (Å²) in [7, 11) is -3.24. The molecule has 2 aromatic rings. The van der Waals surface area contributed by atoms with Gasteiger partial charge < -0.3 is 11.5 Å². The predicted octanol–water partition coefficient (Wildman–Crippen LogP) is 2.95. The summed E-state index contributed by atoms with van der Waals surface area (Å²) in [5, 5.41) is -0.428. The Labute approximate surface area is 144 Å². The van der Waals surface area contributed by atoms with Crippen LogP contribution in [0, 0.1) is 0 Å². The van der Waals surface area contributed by atoms with Crippen LogP contribution in [-0.2, 0) is 10.0 Å². The van der Waals surface area contributed by atoms with E-state index >= 15 is 0 Å². The van der Waals surface area contributed by atoms with Crippen LogP contribution in [0.4, 0.5) is 11.4 Å². The number of anilines is 2. The van der Waals surface area contributed by atoms with E-state index in [0.717, 1.165) is 16.7 Å². The van der Waals surface area contributed by atoms with E-state index in [1.165, 1.54) is 0 Å². The minimum atomic E-state index is -3.24. The maximum absolute atomic E-state index is 11.8. The van der Waals surface area contributed by atoms with Crippen LogP contribution in [0.3, 0.4) is 0 Å². The lowest BCUT2D eigenvalue weighted by Crippen LogP contribution is -2.33. The Kier molecular flexibility index (Phi) is 5.51. The molecule has 24 heavy (non-hydrogen) atoms. The van der Waals surface area contributed by atoms with Crippen LogP contribution in [0.15, 0.2) is 42.5 Å². The molecule has 5 N–H and O–H groups in total. The monoisotopic (exact) mass is 347 g/mol. The van der Waals surface area contributed by atoms with Gasteiger partial charge in [0.25, 0.3) is 0 Å². The molecule has 130 valence electrons. The highest BCUT2D eigenvalue weighted by molar-refractivity contribution is 7.90. The molecule has 0 bridgehead atoms. The van der Waals surface area contributed by atoms with Crippen LogP contribution in [0.25, 0.3) is 11.1 Å². The van der Waals surface area contributed by atoms with E-state index in [4.69, 9.17) is 11.5 Å². The van der Waals surface area contributed by atoms with Gasteiger partial charge in [0.15, 0.2) is 0 Å². The van der Waals surface area contributed by atoms with Gasteiger partial charge in [-0.2, -0.15) is 0 Å². The summed E-state index contributed by atoms with van der Waals surface area (Å²) in [5.74, 6) is 0.0871. The molecule has 1 unspecified atom stereocenters. The van der Waals surface area contributed by atoms with Crippen molar-refractivity contribution in [2.24, 2.45) is 0 Å². The summed E-state index contributed by atoms with van der Waals surface area (Å²) in [5.41, 5.74) is 15.8. The van der Waals surface area contributed by atoms with Gasteiger partial charge in [0, 0.05) is 6.54 Å². The number of benzene rings is 2. The van der Waals surface area contributed by atoms with Crippen LogP contribution >= 0.6 is 0 Å². The molecule has 1 atom stereocenters. The standard InChI is InChI=1S/C18H25N3O2S/c1-12(2)24(22,23)21-11-13(3)14-4-6-15(7-5-14)16-8-9-17(19)18(20)10-16/h4-10,12-13,21H,11,19-20H2,1-3H3. The minimum absolute atomic E-state index is 0.0871. The Morgan fingerprint density at radius 2 is 1.50 bits per heavy atom. The number of nitrogens with two attached hydrogens (primary N) is 2. The molecule has 0 aromatic heterocycles. The van der Waals surface area contributed by atoms with Crippen molar-refractivity contribution in [3.8, 4) is 11.1 Å². The van der Waals surface area contributed by atoms with Gasteiger partial charge in [-0.15, -0.1) is 0 Å². The second-order valence-electron chi connectivity index (χ2n) is 6.31. The zero-order valence-electron chi connectivity index (χ0n) is 14.3. The van der Waals surface area contributed by atoms with Crippen molar-refractivity contribution in [2.75, 3.05) is 18.0 Å². The maximum Gasteiger partial charge on any atom is 0.213 e. The third-order valence-electron chi connectivity index (χ3n) is 4.11. The van der Waals surface area contributed by atoms with Crippen molar-refractivity contribution < 1.29 is 8.42 Å². The third kappa shape index (κ3) is 4.27. The molecule has 5 nitrogen and oxygen atoms in total. The van der Waals surface area contributed by atoms with Gasteiger partial charge in [0.05, 0.1) is 16.6 Å². The second kappa shape index (κ2) is 7.23. The van der Waals surface area contributed by atoms with Crippen molar-refractivity contribution >= 4 is 21.4 Å². The molecule has 0 radical (unpaired) electrons. The zero-order valence-corrected chi connectivity index (χ0v) is 15.1. The summed E-state index contributed by atoms with van der Waals surface area (Å²) in [6, 6.07) is 13.6. The lowest BCUT2D eigenvalue weighted by Gasteiger charge is -2.15. The summed E-state index contributed by atoms with van der Waals surface area (Å²) in [6.07, 6.45) is 0. The van der Waals surface area contributed by atoms with E-state index in [0.29, 0.717) is 17.9 Å². The van der Waals surface area contributed by atoms with Gasteiger partial charge in [-0.05, 0) is 48.6 Å². The summed E-state index contributed by atoms with van der Waals surface area (Å²) < 4.78 is 26.3. The highest BCUT2D eigenvalue weighted by Crippen LogP contribution is 2.26. The fourth-order valence-corrected chi connectivity index (χ4v) is 3.10. The number of rotatable bonds is 6. The highest BCUT2D eigenvalue weighted by Gasteiger charge is 2.17. The van der Waals surface area contributed by atoms with Gasteiger partial charge in [0.2, 0.25) is 10.0 Å². The first-order valence-corrected chi connectivity index (χ1v) is 9.49. The highest BCUT2D eigenvalue weighted by atomic mass is 32.2. The van der Waals surface area contributed by atoms with Crippen LogP contribution < -0.4 is 16.2 Å². The Morgan fingerprint density at radius 3 is 2.04 bits per heavy atom. The number of sulfonamides is 1. The Balaban J connectivity index is 2.10. The number of nitrogen functional groups attached to an aromatic ring is 2. The quantitative estimate of drug-likeness (QED) is 0.700. The maximum atomic E-state index is 11.8. The largest absolute Gasteiger partial charge is 0.397 e. The van der Waals surface area contributed by atoms with E-state index in [1.807, 2.05) is 43.3 Å². The second-order valence-corrected chi connectivity index (χ2v) is 8.63. The molecule has 6 heteroatoms. The molecule has 2 aromatic carbocycles. The number of hydrogen-bond acceptors (Lipinski definition) is 4. The van der Waals surface area contributed by atoms with Crippen LogP contribution in [0.2, 0.25) is 0 Å². The van der Waals surface area contributed by atoms with E-state index in [9.17, 15) is 8.42 Å². The first-order chi connectivity index (χ1) is 11.2. The normalized spacial score (nSPS) is 13.2. The SMILES string of the molecule is CC(CNS(=O)(=O)C(C)C)c1ccc(-c2ccc(N)c(N)c2)cc1. The van der Waals surface area contributed by atoms with Gasteiger partial charge in [-0.3, -0.25) is 0 Å². The van der Waals surface area contributed by atoms with Gasteiger partial charge in [-0.1, -0.05) is 37.3 Å². The van der Waals surface area contributed by atoms with E-state index in [2.05, 4.69) is 4.72 Å². The summed E-state index contributed by atoms with van der Waals surface area (Å²) in [4.78, 5) is 0. The van der Waals surface area contributed by atoms with Gasteiger partial charge in [0.1, 0.15) is 0 Å². The van der Waals surface area contributed by atoms with Crippen LogP contribution in [0.5, 0.6) is 0 Å². The van der Waals surface area contributed by atoms with E-state index in [1.54, 1.807) is 19.9 Å². The predicted molar refractivity (Wildman–Crippen MR) is 101 cm³/mol. The van der Waals surface area contributed by atoms with E-state index < -0.39 is 15.3 Å². The lowest BCUT2D eigenvalue weighted by atomic mass is 9.97. The summed E-state index contributed by atoms with van der Waals surface area (Å²) >= 11 is 0. The number of nitrogens with one attached hydrogen (secondary N) is 1. The molecule has 0 heterocycles. The number of hydrogen-bond donors (Lipinski definition) is 3. The molecule has 0 saturated heterocycles. The van der Waals surface area contributed by atoms with Crippen LogP contribution in [0.1, 0.15) is 32.3 Å². The zero-order chi connectivity index (χ0) is 17.9. The first-order valence-electron chi connectivity index (χ1n) is 7.94.